The molecule has 0 unspecified atom stereocenters. The zero-order valence-corrected chi connectivity index (χ0v) is 29.3. The number of hydrogen-bond donors (Lipinski definition) is 0. The van der Waals surface area contributed by atoms with Crippen LogP contribution in [0, 0.1) is 6.92 Å². The van der Waals surface area contributed by atoms with Crippen molar-refractivity contribution < 1.29 is 0 Å². The van der Waals surface area contributed by atoms with Crippen LogP contribution in [0.4, 0.5) is 0 Å². The minimum Gasteiger partial charge on any atom is -0.303 e. The molecule has 0 spiro atoms. The van der Waals surface area contributed by atoms with E-state index in [4.69, 9.17) is 0 Å². The lowest BCUT2D eigenvalue weighted by molar-refractivity contribution is 0.257. The molecule has 0 aromatic rings. The summed E-state index contributed by atoms with van der Waals surface area (Å²) >= 11 is 0. The normalized spacial score (nSPS) is 11.7. The highest BCUT2D eigenvalue weighted by Crippen LogP contribution is 2.16. The van der Waals surface area contributed by atoms with Crippen molar-refractivity contribution in [1.29, 1.82) is 0 Å². The predicted molar refractivity (Wildman–Crippen MR) is 190 cm³/mol. The fourth-order valence-corrected chi connectivity index (χ4v) is 6.44. The standard InChI is InChI=1S/C40H82N/c1-4-7-10-12-14-16-18-20-22-24-26-28-30-32-34-36-39-41(38-9-6-3)40-37-35-33-31-29-27-25-23-21-19-17-15-13-11-8-5-2/h3-40H2,1-2H3. The SMILES string of the molecule is [CH2]CCCN(CCCCCCCCCCCCCCCCCC)CCCCCCCCCCCCCCCCCC. The van der Waals surface area contributed by atoms with Crippen molar-refractivity contribution in [2.24, 2.45) is 0 Å². The molecule has 0 bridgehead atoms. The van der Waals surface area contributed by atoms with Crippen LogP contribution in [0.5, 0.6) is 0 Å². The summed E-state index contributed by atoms with van der Waals surface area (Å²) in [7, 11) is 0. The Balaban J connectivity index is 3.44. The third-order valence-electron chi connectivity index (χ3n) is 9.38. The summed E-state index contributed by atoms with van der Waals surface area (Å²) in [4.78, 5) is 2.76. The molecule has 0 aliphatic rings. The van der Waals surface area contributed by atoms with Gasteiger partial charge in [0.15, 0.2) is 0 Å². The van der Waals surface area contributed by atoms with Crippen LogP contribution in [-0.2, 0) is 0 Å². The third kappa shape index (κ3) is 36.1. The quantitative estimate of drug-likeness (QED) is 0.0665. The highest BCUT2D eigenvalue weighted by Gasteiger charge is 2.04. The van der Waals surface area contributed by atoms with Crippen molar-refractivity contribution in [2.75, 3.05) is 19.6 Å². The average Bonchev–Trinajstić information content (AvgIpc) is 2.98. The molecule has 0 N–H and O–H groups in total. The van der Waals surface area contributed by atoms with E-state index in [2.05, 4.69) is 25.7 Å². The molecule has 0 aromatic carbocycles. The van der Waals surface area contributed by atoms with Crippen molar-refractivity contribution in [3.8, 4) is 0 Å². The van der Waals surface area contributed by atoms with E-state index in [9.17, 15) is 0 Å². The summed E-state index contributed by atoms with van der Waals surface area (Å²) in [6.45, 7) is 12.6. The predicted octanol–water partition coefficient (Wildman–Crippen LogP) is 14.4. The summed E-state index contributed by atoms with van der Waals surface area (Å²) in [6.07, 6.45) is 49.1. The summed E-state index contributed by atoms with van der Waals surface area (Å²) in [6, 6.07) is 0. The summed E-state index contributed by atoms with van der Waals surface area (Å²) in [5.74, 6) is 0. The minimum atomic E-state index is 1.09. The highest BCUT2D eigenvalue weighted by atomic mass is 15.1. The summed E-state index contributed by atoms with van der Waals surface area (Å²) < 4.78 is 0. The second-order valence-electron chi connectivity index (χ2n) is 13.7. The maximum atomic E-state index is 4.09. The molecule has 0 fully saturated rings. The average molecular weight is 577 g/mol. The van der Waals surface area contributed by atoms with Gasteiger partial charge in [0.05, 0.1) is 0 Å². The van der Waals surface area contributed by atoms with E-state index in [1.165, 1.54) is 232 Å². The lowest BCUT2D eigenvalue weighted by atomic mass is 10.0. The number of unbranched alkanes of at least 4 members (excludes halogenated alkanes) is 31. The first-order valence-electron chi connectivity index (χ1n) is 19.9. The number of nitrogens with zero attached hydrogens (tertiary/aromatic N) is 1. The molecule has 0 heterocycles. The maximum absolute atomic E-state index is 4.09. The van der Waals surface area contributed by atoms with E-state index in [0.717, 1.165) is 6.42 Å². The molecular formula is C40H82N. The van der Waals surface area contributed by atoms with E-state index in [1.54, 1.807) is 0 Å². The topological polar surface area (TPSA) is 3.24 Å². The van der Waals surface area contributed by atoms with Crippen LogP contribution in [0.3, 0.4) is 0 Å². The Morgan fingerprint density at radius 2 is 0.463 bits per heavy atom. The van der Waals surface area contributed by atoms with Crippen molar-refractivity contribution in [3.05, 3.63) is 6.92 Å². The van der Waals surface area contributed by atoms with Crippen molar-refractivity contribution in [3.63, 3.8) is 0 Å². The molecule has 1 nitrogen and oxygen atoms in total. The Hall–Kier alpha value is -0.0400. The van der Waals surface area contributed by atoms with Gasteiger partial charge in [-0.2, -0.15) is 0 Å². The van der Waals surface area contributed by atoms with Gasteiger partial charge >= 0.3 is 0 Å². The minimum absolute atomic E-state index is 1.09. The van der Waals surface area contributed by atoms with Crippen LogP contribution >= 0.6 is 0 Å². The van der Waals surface area contributed by atoms with Gasteiger partial charge in [0.2, 0.25) is 0 Å². The molecule has 41 heavy (non-hydrogen) atoms. The first kappa shape index (κ1) is 41.0. The van der Waals surface area contributed by atoms with Gasteiger partial charge in [0.25, 0.3) is 0 Å². The summed E-state index contributed by atoms with van der Waals surface area (Å²) in [5.41, 5.74) is 0. The monoisotopic (exact) mass is 577 g/mol. The fraction of sp³-hybridized carbons (Fsp3) is 0.975. The molecule has 0 aliphatic heterocycles. The van der Waals surface area contributed by atoms with Gasteiger partial charge in [-0.1, -0.05) is 220 Å². The molecule has 0 atom stereocenters. The first-order valence-corrected chi connectivity index (χ1v) is 19.9. The van der Waals surface area contributed by atoms with Crippen LogP contribution < -0.4 is 0 Å². The largest absolute Gasteiger partial charge is 0.303 e. The van der Waals surface area contributed by atoms with E-state index >= 15 is 0 Å². The molecule has 0 aliphatic carbocycles. The van der Waals surface area contributed by atoms with E-state index < -0.39 is 0 Å². The zero-order chi connectivity index (χ0) is 29.7. The lowest BCUT2D eigenvalue weighted by Gasteiger charge is -2.22. The van der Waals surface area contributed by atoms with E-state index in [1.807, 2.05) is 0 Å². The van der Waals surface area contributed by atoms with Gasteiger partial charge in [-0.25, -0.2) is 0 Å². The van der Waals surface area contributed by atoms with Crippen LogP contribution in [0.15, 0.2) is 0 Å². The van der Waals surface area contributed by atoms with Crippen molar-refractivity contribution in [1.82, 2.24) is 4.90 Å². The Morgan fingerprint density at radius 3 is 0.683 bits per heavy atom. The summed E-state index contributed by atoms with van der Waals surface area (Å²) in [5, 5.41) is 0. The highest BCUT2D eigenvalue weighted by molar-refractivity contribution is 4.61. The molecule has 1 radical (unpaired) electrons. The molecule has 0 saturated carbocycles. The third-order valence-corrected chi connectivity index (χ3v) is 9.38. The molecule has 1 heteroatoms. The van der Waals surface area contributed by atoms with Gasteiger partial charge in [0, 0.05) is 0 Å². The number of rotatable bonds is 37. The Morgan fingerprint density at radius 1 is 0.268 bits per heavy atom. The van der Waals surface area contributed by atoms with E-state index in [-0.39, 0.29) is 0 Å². The van der Waals surface area contributed by atoms with Gasteiger partial charge in [-0.15, -0.1) is 0 Å². The molecule has 0 amide bonds. The number of hydrogen-bond acceptors (Lipinski definition) is 1. The Bertz CT molecular complexity index is 397. The Kier molecular flexibility index (Phi) is 37.9. The van der Waals surface area contributed by atoms with Gasteiger partial charge in [-0.3, -0.25) is 0 Å². The molecule has 0 saturated heterocycles. The second kappa shape index (κ2) is 38.0. The smallest absolute Gasteiger partial charge is 0.00187 e. The maximum Gasteiger partial charge on any atom is -0.00187 e. The van der Waals surface area contributed by atoms with Gasteiger partial charge in [-0.05, 0) is 38.9 Å². The van der Waals surface area contributed by atoms with Crippen molar-refractivity contribution in [2.45, 2.75) is 232 Å². The molecule has 0 rings (SSSR count). The molecule has 247 valence electrons. The van der Waals surface area contributed by atoms with Crippen LogP contribution in [-0.4, -0.2) is 24.5 Å². The molecular weight excluding hydrogens is 494 g/mol. The first-order chi connectivity index (χ1) is 20.3. The fourth-order valence-electron chi connectivity index (χ4n) is 6.44. The zero-order valence-electron chi connectivity index (χ0n) is 29.3. The van der Waals surface area contributed by atoms with Crippen LogP contribution in [0.2, 0.25) is 0 Å². The van der Waals surface area contributed by atoms with Crippen molar-refractivity contribution >= 4 is 0 Å². The second-order valence-corrected chi connectivity index (χ2v) is 13.7. The van der Waals surface area contributed by atoms with Crippen LogP contribution in [0.25, 0.3) is 0 Å². The Labute approximate surface area is 263 Å². The van der Waals surface area contributed by atoms with E-state index in [0.29, 0.717) is 0 Å². The molecule has 0 aromatic heterocycles. The van der Waals surface area contributed by atoms with Gasteiger partial charge in [0.1, 0.15) is 0 Å². The van der Waals surface area contributed by atoms with Gasteiger partial charge < -0.3 is 4.90 Å². The van der Waals surface area contributed by atoms with Crippen LogP contribution in [0.1, 0.15) is 232 Å². The lowest BCUT2D eigenvalue weighted by Crippen LogP contribution is -2.27.